The van der Waals surface area contributed by atoms with Gasteiger partial charge in [-0.1, -0.05) is 17.7 Å². The number of anilines is 1. The van der Waals surface area contributed by atoms with Crippen molar-refractivity contribution in [1.82, 2.24) is 24.5 Å². The van der Waals surface area contributed by atoms with Gasteiger partial charge in [0.2, 0.25) is 5.95 Å². The largest absolute Gasteiger partial charge is 0.497 e. The minimum atomic E-state index is -0.0401. The summed E-state index contributed by atoms with van der Waals surface area (Å²) in [7, 11) is 3.22. The van der Waals surface area contributed by atoms with Crippen molar-refractivity contribution in [3.05, 3.63) is 58.9 Å². The molecule has 5 rings (SSSR count). The number of ether oxygens (including phenoxy) is 2. The van der Waals surface area contributed by atoms with E-state index in [9.17, 15) is 4.79 Å². The zero-order chi connectivity index (χ0) is 23.8. The second kappa shape index (κ2) is 9.08. The zero-order valence-electron chi connectivity index (χ0n) is 19.2. The fraction of sp³-hybridized carbons (Fsp3) is 0.333. The van der Waals surface area contributed by atoms with E-state index in [0.717, 1.165) is 10.9 Å². The number of hydrogen-bond donors (Lipinski definition) is 0. The minimum Gasteiger partial charge on any atom is -0.497 e. The first kappa shape index (κ1) is 22.4. The Kier molecular flexibility index (Phi) is 5.97. The van der Waals surface area contributed by atoms with Gasteiger partial charge in [-0.05, 0) is 43.3 Å². The molecule has 34 heavy (non-hydrogen) atoms. The predicted octanol–water partition coefficient (Wildman–Crippen LogP) is 3.44. The molecule has 0 bridgehead atoms. The quantitative estimate of drug-likeness (QED) is 0.432. The van der Waals surface area contributed by atoms with Gasteiger partial charge in [0.1, 0.15) is 12.4 Å². The second-order valence-corrected chi connectivity index (χ2v) is 8.74. The molecule has 1 saturated heterocycles. The molecule has 10 heteroatoms. The highest BCUT2D eigenvalue weighted by Crippen LogP contribution is 2.28. The maximum absolute atomic E-state index is 13.2. The van der Waals surface area contributed by atoms with E-state index in [-0.39, 0.29) is 11.9 Å². The first-order chi connectivity index (χ1) is 16.5. The molecule has 3 heterocycles. The number of carbonyl (C=O) groups is 1. The summed E-state index contributed by atoms with van der Waals surface area (Å²) in [5, 5.41) is 10.2. The monoisotopic (exact) mass is 480 g/mol. The molecule has 0 saturated carbocycles. The van der Waals surface area contributed by atoms with Gasteiger partial charge in [-0.25, -0.2) is 9.38 Å². The summed E-state index contributed by atoms with van der Waals surface area (Å²) in [5.74, 6) is 2.03. The van der Waals surface area contributed by atoms with Crippen LogP contribution in [0.2, 0.25) is 5.02 Å². The van der Waals surface area contributed by atoms with Crippen molar-refractivity contribution in [3.63, 3.8) is 0 Å². The lowest BCUT2D eigenvalue weighted by Crippen LogP contribution is -2.54. The molecule has 2 aromatic heterocycles. The van der Waals surface area contributed by atoms with Gasteiger partial charge in [0.15, 0.2) is 11.5 Å². The number of halogens is 1. The smallest absolute Gasteiger partial charge is 0.254 e. The van der Waals surface area contributed by atoms with Crippen LogP contribution in [-0.2, 0) is 11.3 Å². The normalized spacial score (nSPS) is 16.4. The van der Waals surface area contributed by atoms with Crippen molar-refractivity contribution >= 4 is 40.0 Å². The molecule has 1 fully saturated rings. The summed E-state index contributed by atoms with van der Waals surface area (Å²) in [6, 6.07) is 12.8. The number of benzene rings is 2. The Morgan fingerprint density at radius 3 is 2.76 bits per heavy atom. The molecule has 1 amide bonds. The number of piperazine rings is 1. The standard InChI is InChI=1S/C24H25ClN6O3/c1-15-13-29(9-10-30(15)23(32)16-5-4-6-18(11-16)34-3)24-26-20-12-17(25)7-8-19(20)22-28-27-21(14-33-2)31(22)24/h4-8,11-12,15H,9-10,13-14H2,1-3H3. The van der Waals surface area contributed by atoms with Crippen molar-refractivity contribution < 1.29 is 14.3 Å². The Morgan fingerprint density at radius 1 is 1.15 bits per heavy atom. The van der Waals surface area contributed by atoms with E-state index in [1.807, 2.05) is 52.6 Å². The van der Waals surface area contributed by atoms with Crippen molar-refractivity contribution in [2.75, 3.05) is 38.8 Å². The van der Waals surface area contributed by atoms with Gasteiger partial charge in [-0.3, -0.25) is 4.79 Å². The van der Waals surface area contributed by atoms with Crippen molar-refractivity contribution in [2.45, 2.75) is 19.6 Å². The zero-order valence-corrected chi connectivity index (χ0v) is 20.0. The van der Waals surface area contributed by atoms with Gasteiger partial charge in [0.25, 0.3) is 5.91 Å². The Balaban J connectivity index is 1.49. The highest BCUT2D eigenvalue weighted by atomic mass is 35.5. The van der Waals surface area contributed by atoms with Crippen LogP contribution in [0.3, 0.4) is 0 Å². The van der Waals surface area contributed by atoms with Crippen LogP contribution in [0.5, 0.6) is 5.75 Å². The molecule has 1 atom stereocenters. The molecule has 176 valence electrons. The van der Waals surface area contributed by atoms with Crippen molar-refractivity contribution in [2.24, 2.45) is 0 Å². The summed E-state index contributed by atoms with van der Waals surface area (Å²) in [5.41, 5.74) is 2.06. The van der Waals surface area contributed by atoms with E-state index in [1.54, 1.807) is 20.3 Å². The highest BCUT2D eigenvalue weighted by Gasteiger charge is 2.31. The molecule has 0 spiro atoms. The number of amides is 1. The van der Waals surface area contributed by atoms with E-state index in [1.165, 1.54) is 0 Å². The van der Waals surface area contributed by atoms with Crippen LogP contribution in [0.25, 0.3) is 16.6 Å². The van der Waals surface area contributed by atoms with Gasteiger partial charge < -0.3 is 19.3 Å². The molecule has 0 aliphatic carbocycles. The second-order valence-electron chi connectivity index (χ2n) is 8.31. The number of hydrogen-bond acceptors (Lipinski definition) is 7. The van der Waals surface area contributed by atoms with Crippen LogP contribution in [-0.4, -0.2) is 70.3 Å². The average Bonchev–Trinajstić information content (AvgIpc) is 3.27. The molecule has 4 aromatic rings. The molecule has 0 radical (unpaired) electrons. The number of carbonyl (C=O) groups excluding carboxylic acids is 1. The third kappa shape index (κ3) is 3.91. The maximum Gasteiger partial charge on any atom is 0.254 e. The maximum atomic E-state index is 13.2. The third-order valence-corrected chi connectivity index (χ3v) is 6.35. The van der Waals surface area contributed by atoms with E-state index >= 15 is 0 Å². The third-order valence-electron chi connectivity index (χ3n) is 6.11. The lowest BCUT2D eigenvalue weighted by atomic mass is 10.1. The van der Waals surface area contributed by atoms with Crippen LogP contribution >= 0.6 is 11.6 Å². The number of nitrogens with zero attached hydrogens (tertiary/aromatic N) is 6. The Morgan fingerprint density at radius 2 is 2.00 bits per heavy atom. The van der Waals surface area contributed by atoms with Gasteiger partial charge >= 0.3 is 0 Å². The Labute approximate surface area is 201 Å². The Bertz CT molecular complexity index is 1370. The molecular formula is C24H25ClN6O3. The summed E-state index contributed by atoms with van der Waals surface area (Å²) in [6.07, 6.45) is 0. The summed E-state index contributed by atoms with van der Waals surface area (Å²) in [6.45, 7) is 4.11. The fourth-order valence-corrected chi connectivity index (χ4v) is 4.61. The van der Waals surface area contributed by atoms with Crippen LogP contribution in [0.4, 0.5) is 5.95 Å². The van der Waals surface area contributed by atoms with Gasteiger partial charge in [0.05, 0.1) is 12.6 Å². The van der Waals surface area contributed by atoms with Crippen molar-refractivity contribution in [1.29, 1.82) is 0 Å². The highest BCUT2D eigenvalue weighted by molar-refractivity contribution is 6.31. The molecule has 0 N–H and O–H groups in total. The molecule has 1 unspecified atom stereocenters. The number of fused-ring (bicyclic) bond motifs is 3. The van der Waals surface area contributed by atoms with Gasteiger partial charge in [-0.2, -0.15) is 0 Å². The van der Waals surface area contributed by atoms with Crippen LogP contribution < -0.4 is 9.64 Å². The number of methoxy groups -OCH3 is 2. The van der Waals surface area contributed by atoms with E-state index in [0.29, 0.717) is 60.0 Å². The number of aromatic nitrogens is 4. The minimum absolute atomic E-state index is 0.0150. The fourth-order valence-electron chi connectivity index (χ4n) is 4.44. The first-order valence-electron chi connectivity index (χ1n) is 11.0. The van der Waals surface area contributed by atoms with E-state index in [2.05, 4.69) is 15.1 Å². The molecular weight excluding hydrogens is 456 g/mol. The van der Waals surface area contributed by atoms with Crippen LogP contribution in [0, 0.1) is 0 Å². The average molecular weight is 481 g/mol. The summed E-state index contributed by atoms with van der Waals surface area (Å²) < 4.78 is 12.6. The summed E-state index contributed by atoms with van der Waals surface area (Å²) >= 11 is 6.25. The van der Waals surface area contributed by atoms with E-state index < -0.39 is 0 Å². The summed E-state index contributed by atoms with van der Waals surface area (Å²) in [4.78, 5) is 22.2. The Hall–Kier alpha value is -3.43. The lowest BCUT2D eigenvalue weighted by Gasteiger charge is -2.40. The first-order valence-corrected chi connectivity index (χ1v) is 11.4. The molecule has 1 aliphatic rings. The van der Waals surface area contributed by atoms with Crippen molar-refractivity contribution in [3.8, 4) is 5.75 Å². The van der Waals surface area contributed by atoms with Gasteiger partial charge in [0, 0.05) is 48.8 Å². The SMILES string of the molecule is COCc1nnc2c3ccc(Cl)cc3nc(N3CCN(C(=O)c4cccc(OC)c4)C(C)C3)n12. The van der Waals surface area contributed by atoms with E-state index in [4.69, 9.17) is 26.1 Å². The van der Waals surface area contributed by atoms with Crippen LogP contribution in [0.15, 0.2) is 42.5 Å². The predicted molar refractivity (Wildman–Crippen MR) is 130 cm³/mol. The van der Waals surface area contributed by atoms with Crippen LogP contribution in [0.1, 0.15) is 23.1 Å². The lowest BCUT2D eigenvalue weighted by molar-refractivity contribution is 0.0672. The van der Waals surface area contributed by atoms with Gasteiger partial charge in [-0.15, -0.1) is 10.2 Å². The molecule has 1 aliphatic heterocycles. The topological polar surface area (TPSA) is 85.1 Å². The molecule has 9 nitrogen and oxygen atoms in total. The molecule has 2 aromatic carbocycles. The number of rotatable bonds is 5.